The molecule has 0 saturated heterocycles. The van der Waals surface area contributed by atoms with Crippen molar-refractivity contribution >= 4 is 35.8 Å². The summed E-state index contributed by atoms with van der Waals surface area (Å²) in [5, 5.41) is 0. The quantitative estimate of drug-likeness (QED) is 0.136. The van der Waals surface area contributed by atoms with Crippen molar-refractivity contribution in [1.29, 1.82) is 0 Å². The van der Waals surface area contributed by atoms with Crippen molar-refractivity contribution in [3.8, 4) is 0 Å². The zero-order valence-corrected chi connectivity index (χ0v) is 17.5. The zero-order chi connectivity index (χ0) is 19.6. The van der Waals surface area contributed by atoms with Crippen molar-refractivity contribution in [2.45, 2.75) is 104 Å². The molecule has 27 heavy (non-hydrogen) atoms. The van der Waals surface area contributed by atoms with Crippen LogP contribution in [0.15, 0.2) is 11.1 Å². The van der Waals surface area contributed by atoms with Gasteiger partial charge in [0.15, 0.2) is 0 Å². The Morgan fingerprint density at radius 1 is 0.556 bits per heavy atom. The molecular weight excluding hydrogens is 447 g/mol. The number of ether oxygens (including phenoxy) is 2. The zero-order valence-electron chi connectivity index (χ0n) is 17.5. The number of methoxy groups -OCH3 is 2. The normalized spacial score (nSPS) is 11.4. The molecule has 0 unspecified atom stereocenters. The van der Waals surface area contributed by atoms with Crippen molar-refractivity contribution in [2.75, 3.05) is 14.2 Å². The van der Waals surface area contributed by atoms with E-state index in [2.05, 4.69) is 13.8 Å². The van der Waals surface area contributed by atoms with Gasteiger partial charge in [-0.2, -0.15) is 0 Å². The summed E-state index contributed by atoms with van der Waals surface area (Å²) in [5.74, 6) is -0.769. The summed E-state index contributed by atoms with van der Waals surface area (Å²) in [5.41, 5.74) is 1.03. The number of hydrogen-bond acceptors (Lipinski definition) is 4. The molecule has 160 valence electrons. The first kappa shape index (κ1) is 28.7. The third-order valence-electron chi connectivity index (χ3n) is 4.79. The van der Waals surface area contributed by atoms with Gasteiger partial charge in [0.1, 0.15) is 0 Å². The van der Waals surface area contributed by atoms with Gasteiger partial charge in [0.25, 0.3) is 0 Å². The minimum absolute atomic E-state index is 0. The van der Waals surface area contributed by atoms with Crippen LogP contribution in [0.25, 0.3) is 0 Å². The Balaban J connectivity index is 0. The van der Waals surface area contributed by atoms with E-state index in [-0.39, 0.29) is 35.8 Å². The summed E-state index contributed by atoms with van der Waals surface area (Å²) >= 11 is 0. The third kappa shape index (κ3) is 14.2. The van der Waals surface area contributed by atoms with Crippen LogP contribution in [0.4, 0.5) is 0 Å². The SMILES string of the molecule is CCCCCCCC/C(C(=O)OC)=C(\CCCCCCCC)C(=O)OC.[SnH4]. The number of carbonyl (C=O) groups is 2. The molecule has 0 rings (SSSR count). The standard InChI is InChI=1S/C22H40O4.Sn.4H/c1-5-7-9-11-13-15-17-19(21(23)25-3)20(22(24)26-4)18-16-14-12-10-8-6-2;;;;;/h5-18H2,1-4H3;;;;;/b20-19-;;;;;. The second-order valence-corrected chi connectivity index (χ2v) is 6.98. The average Bonchev–Trinajstić information content (AvgIpc) is 2.66. The molecule has 0 aliphatic carbocycles. The molecule has 0 bridgehead atoms. The van der Waals surface area contributed by atoms with Crippen LogP contribution in [-0.2, 0) is 19.1 Å². The van der Waals surface area contributed by atoms with E-state index in [9.17, 15) is 9.59 Å². The van der Waals surface area contributed by atoms with Crippen molar-refractivity contribution < 1.29 is 19.1 Å². The Morgan fingerprint density at radius 2 is 0.852 bits per heavy atom. The molecule has 0 aromatic carbocycles. The van der Waals surface area contributed by atoms with Crippen molar-refractivity contribution in [3.05, 3.63) is 11.1 Å². The molecular formula is C22H44O4Sn. The number of esters is 2. The number of unbranched alkanes of at least 4 members (excludes halogenated alkanes) is 10. The van der Waals surface area contributed by atoms with Gasteiger partial charge in [-0.25, -0.2) is 9.59 Å². The van der Waals surface area contributed by atoms with Gasteiger partial charge < -0.3 is 9.47 Å². The molecule has 0 aliphatic heterocycles. The fraction of sp³-hybridized carbons (Fsp3) is 0.818. The van der Waals surface area contributed by atoms with Crippen LogP contribution in [0, 0.1) is 0 Å². The second-order valence-electron chi connectivity index (χ2n) is 6.98. The topological polar surface area (TPSA) is 52.6 Å². The number of hydrogen-bond donors (Lipinski definition) is 0. The van der Waals surface area contributed by atoms with Gasteiger partial charge >= 0.3 is 35.8 Å². The van der Waals surface area contributed by atoms with Gasteiger partial charge in [-0.1, -0.05) is 78.1 Å². The Bertz CT molecular complexity index is 381. The summed E-state index contributed by atoms with van der Waals surface area (Å²) in [7, 11) is 2.76. The molecule has 0 spiro atoms. The van der Waals surface area contributed by atoms with Crippen molar-refractivity contribution in [3.63, 3.8) is 0 Å². The molecule has 0 saturated carbocycles. The maximum absolute atomic E-state index is 12.2. The van der Waals surface area contributed by atoms with Gasteiger partial charge in [-0.3, -0.25) is 0 Å². The molecule has 0 aromatic heterocycles. The Morgan fingerprint density at radius 3 is 1.15 bits per heavy atom. The van der Waals surface area contributed by atoms with E-state index >= 15 is 0 Å². The van der Waals surface area contributed by atoms with E-state index in [0.717, 1.165) is 25.7 Å². The molecule has 0 fully saturated rings. The molecule has 0 atom stereocenters. The fourth-order valence-electron chi connectivity index (χ4n) is 3.16. The van der Waals surface area contributed by atoms with Crippen LogP contribution in [-0.4, -0.2) is 50.1 Å². The van der Waals surface area contributed by atoms with E-state index in [1.807, 2.05) is 0 Å². The van der Waals surface area contributed by atoms with E-state index in [1.165, 1.54) is 65.6 Å². The molecule has 0 radical (unpaired) electrons. The summed E-state index contributed by atoms with van der Waals surface area (Å²) in [6.07, 6.45) is 14.9. The Hall–Kier alpha value is -0.521. The van der Waals surface area contributed by atoms with Crippen LogP contribution in [0.2, 0.25) is 0 Å². The van der Waals surface area contributed by atoms with E-state index in [4.69, 9.17) is 9.47 Å². The predicted octanol–water partition coefficient (Wildman–Crippen LogP) is 4.68. The molecule has 0 aliphatic rings. The van der Waals surface area contributed by atoms with Gasteiger partial charge in [-0.05, 0) is 25.7 Å². The maximum atomic E-state index is 12.2. The molecule has 0 heterocycles. The second kappa shape index (κ2) is 20.2. The predicted molar refractivity (Wildman–Crippen MR) is 118 cm³/mol. The van der Waals surface area contributed by atoms with Crippen molar-refractivity contribution in [2.24, 2.45) is 0 Å². The Labute approximate surface area is 183 Å². The molecule has 0 N–H and O–H groups in total. The minimum atomic E-state index is -0.384. The first-order valence-corrected chi connectivity index (χ1v) is 10.5. The third-order valence-corrected chi connectivity index (χ3v) is 4.79. The average molecular weight is 491 g/mol. The van der Waals surface area contributed by atoms with E-state index in [1.54, 1.807) is 0 Å². The van der Waals surface area contributed by atoms with Gasteiger partial charge in [0.2, 0.25) is 0 Å². The summed E-state index contributed by atoms with van der Waals surface area (Å²) in [4.78, 5) is 24.5. The number of carbonyl (C=O) groups excluding carboxylic acids is 2. The monoisotopic (exact) mass is 492 g/mol. The van der Waals surface area contributed by atoms with Crippen LogP contribution in [0.5, 0.6) is 0 Å². The summed E-state index contributed by atoms with van der Waals surface area (Å²) in [6, 6.07) is 0. The molecule has 0 aromatic rings. The van der Waals surface area contributed by atoms with Crippen molar-refractivity contribution in [1.82, 2.24) is 0 Å². The first-order chi connectivity index (χ1) is 12.6. The van der Waals surface area contributed by atoms with Gasteiger partial charge in [0, 0.05) is 11.1 Å². The van der Waals surface area contributed by atoms with Crippen LogP contribution < -0.4 is 0 Å². The van der Waals surface area contributed by atoms with Gasteiger partial charge in [-0.15, -0.1) is 0 Å². The molecule has 4 nitrogen and oxygen atoms in total. The summed E-state index contributed by atoms with van der Waals surface area (Å²) in [6.45, 7) is 4.39. The summed E-state index contributed by atoms with van der Waals surface area (Å²) < 4.78 is 9.88. The van der Waals surface area contributed by atoms with Crippen LogP contribution >= 0.6 is 0 Å². The first-order valence-electron chi connectivity index (χ1n) is 10.5. The van der Waals surface area contributed by atoms with Crippen LogP contribution in [0.1, 0.15) is 104 Å². The van der Waals surface area contributed by atoms with E-state index in [0.29, 0.717) is 24.0 Å². The fourth-order valence-corrected chi connectivity index (χ4v) is 3.16. The van der Waals surface area contributed by atoms with Gasteiger partial charge in [0.05, 0.1) is 14.2 Å². The Kier molecular flexibility index (Phi) is 21.5. The number of rotatable bonds is 16. The van der Waals surface area contributed by atoms with Crippen LogP contribution in [0.3, 0.4) is 0 Å². The van der Waals surface area contributed by atoms with E-state index < -0.39 is 0 Å². The molecule has 0 amide bonds. The molecule has 5 heteroatoms.